The minimum atomic E-state index is -0.0249. The van der Waals surface area contributed by atoms with Crippen molar-refractivity contribution in [2.24, 2.45) is 0 Å². The highest BCUT2D eigenvalue weighted by Crippen LogP contribution is 2.28. The Hall–Kier alpha value is -1.76. The predicted molar refractivity (Wildman–Crippen MR) is 95.8 cm³/mol. The predicted octanol–water partition coefficient (Wildman–Crippen LogP) is 2.02. The fourth-order valence-corrected chi connectivity index (χ4v) is 4.16. The lowest BCUT2D eigenvalue weighted by Gasteiger charge is -2.31. The Labute approximate surface area is 146 Å². The number of thiazole rings is 1. The molecule has 6 heteroatoms. The van der Waals surface area contributed by atoms with Crippen LogP contribution in [0.2, 0.25) is 0 Å². The van der Waals surface area contributed by atoms with Crippen LogP contribution in [0.1, 0.15) is 26.5 Å². The van der Waals surface area contributed by atoms with Crippen LogP contribution in [0.3, 0.4) is 0 Å². The number of morpholine rings is 1. The highest BCUT2D eigenvalue weighted by molar-refractivity contribution is 7.14. The lowest BCUT2D eigenvalue weighted by atomic mass is 10.2. The van der Waals surface area contributed by atoms with Gasteiger partial charge in [0.1, 0.15) is 37.5 Å². The molecule has 0 saturated carbocycles. The monoisotopic (exact) mass is 346 g/mol. The SMILES string of the molecule is CC(=O)N(c1ccccc1)c1nc(C[NH+]2C[C@@H](C)O[C@@H](C)C2)cs1. The van der Waals surface area contributed by atoms with Crippen LogP contribution in [0.15, 0.2) is 35.7 Å². The molecular formula is C18H24N3O2S+. The van der Waals surface area contributed by atoms with E-state index in [1.165, 1.54) is 16.2 Å². The number of nitrogens with one attached hydrogen (secondary N) is 1. The minimum absolute atomic E-state index is 0.0249. The largest absolute Gasteiger partial charge is 0.364 e. The third kappa shape index (κ3) is 4.01. The fourth-order valence-electron chi connectivity index (χ4n) is 3.27. The third-order valence-corrected chi connectivity index (χ3v) is 4.98. The first kappa shape index (κ1) is 17.1. The van der Waals surface area contributed by atoms with Gasteiger partial charge < -0.3 is 9.64 Å². The van der Waals surface area contributed by atoms with E-state index in [1.807, 2.05) is 30.3 Å². The number of anilines is 2. The number of carbonyl (C=O) groups is 1. The first-order chi connectivity index (χ1) is 11.5. The van der Waals surface area contributed by atoms with Crippen molar-refractivity contribution in [3.8, 4) is 0 Å². The molecule has 5 nitrogen and oxygen atoms in total. The number of benzene rings is 1. The van der Waals surface area contributed by atoms with E-state index in [9.17, 15) is 4.79 Å². The van der Waals surface area contributed by atoms with Gasteiger partial charge in [-0.25, -0.2) is 4.98 Å². The summed E-state index contributed by atoms with van der Waals surface area (Å²) in [6.07, 6.45) is 0.555. The number of rotatable bonds is 4. The number of para-hydroxylation sites is 1. The normalized spacial score (nSPS) is 23.9. The second-order valence-electron chi connectivity index (χ2n) is 6.40. The van der Waals surface area contributed by atoms with Gasteiger partial charge >= 0.3 is 0 Å². The van der Waals surface area contributed by atoms with Gasteiger partial charge in [0.25, 0.3) is 0 Å². The van der Waals surface area contributed by atoms with Crippen molar-refractivity contribution < 1.29 is 14.4 Å². The third-order valence-electron chi connectivity index (χ3n) is 4.11. The van der Waals surface area contributed by atoms with E-state index < -0.39 is 0 Å². The van der Waals surface area contributed by atoms with Crippen LogP contribution in [-0.4, -0.2) is 36.2 Å². The van der Waals surface area contributed by atoms with Crippen molar-refractivity contribution in [1.82, 2.24) is 4.98 Å². The van der Waals surface area contributed by atoms with Crippen LogP contribution in [0.4, 0.5) is 10.8 Å². The Kier molecular flexibility index (Phi) is 5.28. The number of nitrogens with zero attached hydrogens (tertiary/aromatic N) is 2. The highest BCUT2D eigenvalue weighted by Gasteiger charge is 2.26. The molecule has 24 heavy (non-hydrogen) atoms. The van der Waals surface area contributed by atoms with Crippen LogP contribution in [0, 0.1) is 0 Å². The van der Waals surface area contributed by atoms with E-state index in [-0.39, 0.29) is 18.1 Å². The number of hydrogen-bond donors (Lipinski definition) is 1. The number of amides is 1. The van der Waals surface area contributed by atoms with Crippen molar-refractivity contribution in [2.45, 2.75) is 39.5 Å². The molecular weight excluding hydrogens is 322 g/mol. The first-order valence-corrected chi connectivity index (χ1v) is 9.20. The van der Waals surface area contributed by atoms with Gasteiger partial charge in [0.05, 0.1) is 5.69 Å². The maximum Gasteiger partial charge on any atom is 0.230 e. The smallest absolute Gasteiger partial charge is 0.230 e. The van der Waals surface area contributed by atoms with Crippen molar-refractivity contribution in [3.63, 3.8) is 0 Å². The van der Waals surface area contributed by atoms with Gasteiger partial charge in [-0.2, -0.15) is 0 Å². The van der Waals surface area contributed by atoms with E-state index in [0.717, 1.165) is 36.1 Å². The molecule has 1 fully saturated rings. The summed E-state index contributed by atoms with van der Waals surface area (Å²) in [7, 11) is 0. The molecule has 128 valence electrons. The second-order valence-corrected chi connectivity index (χ2v) is 7.24. The van der Waals surface area contributed by atoms with Crippen molar-refractivity contribution in [3.05, 3.63) is 41.4 Å². The number of ether oxygens (including phenoxy) is 1. The van der Waals surface area contributed by atoms with Crippen molar-refractivity contribution in [2.75, 3.05) is 18.0 Å². The summed E-state index contributed by atoms with van der Waals surface area (Å²) in [5.74, 6) is -0.0249. The molecule has 1 aliphatic rings. The Bertz CT molecular complexity index is 679. The number of aromatic nitrogens is 1. The lowest BCUT2D eigenvalue weighted by molar-refractivity contribution is -0.928. The summed E-state index contributed by atoms with van der Waals surface area (Å²) in [5.41, 5.74) is 1.89. The molecule has 1 amide bonds. The van der Waals surface area contributed by atoms with Crippen LogP contribution in [0.25, 0.3) is 0 Å². The first-order valence-electron chi connectivity index (χ1n) is 8.32. The van der Waals surface area contributed by atoms with E-state index >= 15 is 0 Å². The summed E-state index contributed by atoms with van der Waals surface area (Å²) >= 11 is 1.52. The maximum atomic E-state index is 12.1. The van der Waals surface area contributed by atoms with E-state index in [4.69, 9.17) is 9.72 Å². The molecule has 1 N–H and O–H groups in total. The molecule has 3 rings (SSSR count). The molecule has 1 aromatic carbocycles. The molecule has 0 aliphatic carbocycles. The molecule has 1 aliphatic heterocycles. The van der Waals surface area contributed by atoms with E-state index in [0.29, 0.717) is 0 Å². The van der Waals surface area contributed by atoms with E-state index in [1.54, 1.807) is 11.8 Å². The Morgan fingerprint density at radius 2 is 1.96 bits per heavy atom. The molecule has 3 atom stereocenters. The van der Waals surface area contributed by atoms with Crippen LogP contribution >= 0.6 is 11.3 Å². The number of hydrogen-bond acceptors (Lipinski definition) is 4. The minimum Gasteiger partial charge on any atom is -0.364 e. The van der Waals surface area contributed by atoms with Gasteiger partial charge in [-0.15, -0.1) is 11.3 Å². The summed E-state index contributed by atoms with van der Waals surface area (Å²) in [6, 6.07) is 9.66. The zero-order chi connectivity index (χ0) is 17.1. The molecule has 1 saturated heterocycles. The van der Waals surface area contributed by atoms with E-state index in [2.05, 4.69) is 19.2 Å². The topological polar surface area (TPSA) is 46.9 Å². The summed E-state index contributed by atoms with van der Waals surface area (Å²) in [4.78, 5) is 20.0. The second kappa shape index (κ2) is 7.42. The maximum absolute atomic E-state index is 12.1. The molecule has 0 bridgehead atoms. The van der Waals surface area contributed by atoms with Crippen LogP contribution in [0.5, 0.6) is 0 Å². The van der Waals surface area contributed by atoms with Gasteiger partial charge in [-0.1, -0.05) is 18.2 Å². The van der Waals surface area contributed by atoms with Gasteiger partial charge in [-0.05, 0) is 26.0 Å². The molecule has 0 radical (unpaired) electrons. The zero-order valence-corrected chi connectivity index (χ0v) is 15.2. The average molecular weight is 346 g/mol. The number of quaternary nitrogens is 1. The summed E-state index contributed by atoms with van der Waals surface area (Å²) < 4.78 is 5.80. The Morgan fingerprint density at radius 3 is 2.58 bits per heavy atom. The van der Waals surface area contributed by atoms with Gasteiger partial charge in [0.2, 0.25) is 5.91 Å². The standard InChI is InChI=1S/C18H23N3O2S/c1-13-9-20(10-14(2)23-13)11-16-12-24-18(19-16)21(15(3)22)17-7-5-4-6-8-17/h4-8,12-14H,9-11H2,1-3H3/p+1/t13-,14+. The summed E-state index contributed by atoms with van der Waals surface area (Å²) in [5, 5.41) is 2.80. The van der Waals surface area contributed by atoms with Crippen molar-refractivity contribution >= 4 is 28.1 Å². The molecule has 1 unspecified atom stereocenters. The molecule has 0 spiro atoms. The fraction of sp³-hybridized carbons (Fsp3) is 0.444. The van der Waals surface area contributed by atoms with Crippen LogP contribution < -0.4 is 9.80 Å². The quantitative estimate of drug-likeness (QED) is 0.921. The Morgan fingerprint density at radius 1 is 1.29 bits per heavy atom. The highest BCUT2D eigenvalue weighted by atomic mass is 32.1. The zero-order valence-electron chi connectivity index (χ0n) is 14.4. The molecule has 1 aromatic heterocycles. The average Bonchev–Trinajstić information content (AvgIpc) is 2.95. The van der Waals surface area contributed by atoms with Gasteiger partial charge in [0.15, 0.2) is 5.13 Å². The molecule has 2 aromatic rings. The lowest BCUT2D eigenvalue weighted by Crippen LogP contribution is -3.14. The van der Waals surface area contributed by atoms with Gasteiger partial charge in [-0.3, -0.25) is 9.69 Å². The summed E-state index contributed by atoms with van der Waals surface area (Å²) in [6.45, 7) is 8.67. The van der Waals surface area contributed by atoms with Crippen LogP contribution in [-0.2, 0) is 16.1 Å². The Balaban J connectivity index is 1.75. The van der Waals surface area contributed by atoms with Crippen molar-refractivity contribution in [1.29, 1.82) is 0 Å². The molecule has 2 heterocycles. The number of carbonyl (C=O) groups excluding carboxylic acids is 1. The van der Waals surface area contributed by atoms with Gasteiger partial charge in [0, 0.05) is 12.3 Å².